The first kappa shape index (κ1) is 12.4. The van der Waals surface area contributed by atoms with Gasteiger partial charge in [0.15, 0.2) is 5.78 Å². The number of hydrogen-bond acceptors (Lipinski definition) is 2. The highest BCUT2D eigenvalue weighted by Gasteiger charge is 2.08. The zero-order valence-electron chi connectivity index (χ0n) is 10.8. The quantitative estimate of drug-likeness (QED) is 0.762. The highest BCUT2D eigenvalue weighted by molar-refractivity contribution is 6.09. The lowest BCUT2D eigenvalue weighted by Crippen LogP contribution is -2.15. The van der Waals surface area contributed by atoms with Crippen LogP contribution in [0.1, 0.15) is 22.8 Å². The van der Waals surface area contributed by atoms with E-state index in [0.29, 0.717) is 0 Å². The maximum absolute atomic E-state index is 12.2. The first-order valence-electron chi connectivity index (χ1n) is 6.13. The average Bonchev–Trinajstić information content (AvgIpc) is 2.47. The second kappa shape index (κ2) is 5.50. The van der Waals surface area contributed by atoms with Gasteiger partial charge in [-0.3, -0.25) is 4.79 Å². The van der Waals surface area contributed by atoms with E-state index < -0.39 is 0 Å². The van der Waals surface area contributed by atoms with Crippen molar-refractivity contribution in [3.63, 3.8) is 0 Å². The van der Waals surface area contributed by atoms with Gasteiger partial charge >= 0.3 is 0 Å². The van der Waals surface area contributed by atoms with E-state index >= 15 is 0 Å². The second-order valence-corrected chi connectivity index (χ2v) is 4.26. The Balaban J connectivity index is 2.22. The van der Waals surface area contributed by atoms with Crippen molar-refractivity contribution < 1.29 is 4.79 Å². The number of ketones is 1. The predicted octanol–water partition coefficient (Wildman–Crippen LogP) is 3.37. The smallest absolute Gasteiger partial charge is 0.193 e. The first-order chi connectivity index (χ1) is 8.72. The molecule has 0 spiro atoms. The Bertz CT molecular complexity index is 517. The summed E-state index contributed by atoms with van der Waals surface area (Å²) in [5.74, 6) is 0.0706. The van der Waals surface area contributed by atoms with Crippen LogP contribution in [0.5, 0.6) is 0 Å². The van der Waals surface area contributed by atoms with Gasteiger partial charge in [-0.1, -0.05) is 30.3 Å². The summed E-state index contributed by atoms with van der Waals surface area (Å²) in [5, 5.41) is 0. The van der Waals surface area contributed by atoms with Crippen LogP contribution in [0.2, 0.25) is 0 Å². The number of benzene rings is 2. The standard InChI is InChI=1S/C16H17NO/c1-3-17(2)15-11-9-14(10-12-15)16(18)13-7-5-4-6-8-13/h4-12H,3H2,1-2H3. The van der Waals surface area contributed by atoms with Crippen molar-refractivity contribution in [2.45, 2.75) is 6.92 Å². The van der Waals surface area contributed by atoms with Crippen molar-refractivity contribution in [2.24, 2.45) is 0 Å². The minimum Gasteiger partial charge on any atom is -0.375 e. The molecule has 0 aliphatic carbocycles. The maximum Gasteiger partial charge on any atom is 0.193 e. The molecule has 0 N–H and O–H groups in total. The Kier molecular flexibility index (Phi) is 3.78. The number of carbonyl (C=O) groups is 1. The zero-order valence-corrected chi connectivity index (χ0v) is 10.8. The number of nitrogens with zero attached hydrogens (tertiary/aromatic N) is 1. The van der Waals surface area contributed by atoms with Gasteiger partial charge in [0.2, 0.25) is 0 Å². The molecule has 0 amide bonds. The number of rotatable bonds is 4. The van der Waals surface area contributed by atoms with Gasteiger partial charge in [0.05, 0.1) is 0 Å². The number of carbonyl (C=O) groups excluding carboxylic acids is 1. The minimum absolute atomic E-state index is 0.0706. The molecule has 92 valence electrons. The second-order valence-electron chi connectivity index (χ2n) is 4.26. The van der Waals surface area contributed by atoms with Gasteiger partial charge in [-0.15, -0.1) is 0 Å². The van der Waals surface area contributed by atoms with Gasteiger partial charge in [-0.2, -0.15) is 0 Å². The molecular weight excluding hydrogens is 222 g/mol. The highest BCUT2D eigenvalue weighted by atomic mass is 16.1. The Labute approximate surface area is 108 Å². The summed E-state index contributed by atoms with van der Waals surface area (Å²) < 4.78 is 0. The molecule has 0 unspecified atom stereocenters. The summed E-state index contributed by atoms with van der Waals surface area (Å²) in [6.45, 7) is 3.05. The lowest BCUT2D eigenvalue weighted by molar-refractivity contribution is 0.103. The van der Waals surface area contributed by atoms with Crippen molar-refractivity contribution in [3.8, 4) is 0 Å². The largest absolute Gasteiger partial charge is 0.375 e. The summed E-state index contributed by atoms with van der Waals surface area (Å²) >= 11 is 0. The number of anilines is 1. The third-order valence-corrected chi connectivity index (χ3v) is 3.08. The van der Waals surface area contributed by atoms with E-state index in [9.17, 15) is 4.79 Å². The van der Waals surface area contributed by atoms with E-state index in [1.807, 2.05) is 61.6 Å². The maximum atomic E-state index is 12.2. The Hall–Kier alpha value is -2.09. The monoisotopic (exact) mass is 239 g/mol. The Morgan fingerprint density at radius 2 is 1.50 bits per heavy atom. The summed E-state index contributed by atoms with van der Waals surface area (Å²) in [4.78, 5) is 14.3. The van der Waals surface area contributed by atoms with Crippen LogP contribution in [0.4, 0.5) is 5.69 Å². The van der Waals surface area contributed by atoms with E-state index in [1.54, 1.807) is 0 Å². The molecule has 18 heavy (non-hydrogen) atoms. The zero-order chi connectivity index (χ0) is 13.0. The van der Waals surface area contributed by atoms with Crippen LogP contribution < -0.4 is 4.90 Å². The van der Waals surface area contributed by atoms with Crippen molar-refractivity contribution in [1.82, 2.24) is 0 Å². The van der Waals surface area contributed by atoms with E-state index in [4.69, 9.17) is 0 Å². The summed E-state index contributed by atoms with van der Waals surface area (Å²) in [7, 11) is 2.04. The molecule has 0 saturated heterocycles. The molecular formula is C16H17NO. The first-order valence-corrected chi connectivity index (χ1v) is 6.13. The SMILES string of the molecule is CCN(C)c1ccc(C(=O)c2ccccc2)cc1. The van der Waals surface area contributed by atoms with E-state index in [2.05, 4.69) is 11.8 Å². The van der Waals surface area contributed by atoms with Gasteiger partial charge in [0, 0.05) is 30.4 Å². The van der Waals surface area contributed by atoms with Crippen molar-refractivity contribution >= 4 is 11.5 Å². The van der Waals surface area contributed by atoms with Gasteiger partial charge in [-0.25, -0.2) is 0 Å². The molecule has 2 aromatic carbocycles. The summed E-state index contributed by atoms with van der Waals surface area (Å²) in [5.41, 5.74) is 2.59. The fourth-order valence-electron chi connectivity index (χ4n) is 1.81. The molecule has 0 bridgehead atoms. The molecule has 2 aromatic rings. The van der Waals surface area contributed by atoms with Crippen LogP contribution in [0.3, 0.4) is 0 Å². The lowest BCUT2D eigenvalue weighted by atomic mass is 10.0. The number of hydrogen-bond donors (Lipinski definition) is 0. The summed E-state index contributed by atoms with van der Waals surface area (Å²) in [6, 6.07) is 17.1. The minimum atomic E-state index is 0.0706. The fourth-order valence-corrected chi connectivity index (χ4v) is 1.81. The lowest BCUT2D eigenvalue weighted by Gasteiger charge is -2.16. The third-order valence-electron chi connectivity index (χ3n) is 3.08. The average molecular weight is 239 g/mol. The molecule has 0 heterocycles. The predicted molar refractivity (Wildman–Crippen MR) is 75.3 cm³/mol. The van der Waals surface area contributed by atoms with Crippen LogP contribution in [0.15, 0.2) is 54.6 Å². The molecule has 0 aliphatic heterocycles. The van der Waals surface area contributed by atoms with Crippen molar-refractivity contribution in [3.05, 3.63) is 65.7 Å². The molecule has 0 saturated carbocycles. The Morgan fingerprint density at radius 1 is 0.944 bits per heavy atom. The van der Waals surface area contributed by atoms with Crippen molar-refractivity contribution in [1.29, 1.82) is 0 Å². The molecule has 0 aliphatic rings. The molecule has 0 atom stereocenters. The van der Waals surface area contributed by atoms with E-state index in [0.717, 1.165) is 23.4 Å². The summed E-state index contributed by atoms with van der Waals surface area (Å²) in [6.07, 6.45) is 0. The molecule has 0 fully saturated rings. The molecule has 2 heteroatoms. The Morgan fingerprint density at radius 3 is 2.06 bits per heavy atom. The normalized spacial score (nSPS) is 10.1. The van der Waals surface area contributed by atoms with Gasteiger partial charge < -0.3 is 4.90 Å². The van der Waals surface area contributed by atoms with Crippen molar-refractivity contribution in [2.75, 3.05) is 18.5 Å². The topological polar surface area (TPSA) is 20.3 Å². The molecule has 2 rings (SSSR count). The van der Waals surface area contributed by atoms with Gasteiger partial charge in [-0.05, 0) is 31.2 Å². The van der Waals surface area contributed by atoms with Gasteiger partial charge in [0.25, 0.3) is 0 Å². The van der Waals surface area contributed by atoms with Crippen LogP contribution >= 0.6 is 0 Å². The molecule has 0 aromatic heterocycles. The molecule has 2 nitrogen and oxygen atoms in total. The highest BCUT2D eigenvalue weighted by Crippen LogP contribution is 2.16. The molecule has 0 radical (unpaired) electrons. The van der Waals surface area contributed by atoms with Crippen LogP contribution in [-0.2, 0) is 0 Å². The van der Waals surface area contributed by atoms with Crippen LogP contribution in [-0.4, -0.2) is 19.4 Å². The van der Waals surface area contributed by atoms with Gasteiger partial charge in [0.1, 0.15) is 0 Å². The fraction of sp³-hybridized carbons (Fsp3) is 0.188. The van der Waals surface area contributed by atoms with E-state index in [1.165, 1.54) is 0 Å². The van der Waals surface area contributed by atoms with Crippen LogP contribution in [0.25, 0.3) is 0 Å². The third kappa shape index (κ3) is 2.59. The van der Waals surface area contributed by atoms with E-state index in [-0.39, 0.29) is 5.78 Å². The van der Waals surface area contributed by atoms with Crippen LogP contribution in [0, 0.1) is 0 Å².